The number of rotatable bonds is 2. The van der Waals surface area contributed by atoms with Crippen LogP contribution in [0.3, 0.4) is 0 Å². The maximum atomic E-state index is 8.74. The fourth-order valence-corrected chi connectivity index (χ4v) is 1.10. The van der Waals surface area contributed by atoms with Crippen molar-refractivity contribution < 1.29 is 0 Å². The van der Waals surface area contributed by atoms with Crippen molar-refractivity contribution >= 4 is 0 Å². The first-order chi connectivity index (χ1) is 6.71. The van der Waals surface area contributed by atoms with Crippen molar-refractivity contribution in [3.8, 4) is 12.1 Å². The van der Waals surface area contributed by atoms with Crippen LogP contribution in [0.15, 0.2) is 30.9 Å². The fraction of sp³-hybridized carbons (Fsp3) is 0.0833. The summed E-state index contributed by atoms with van der Waals surface area (Å²) in [5, 5.41) is 17.5. The summed E-state index contributed by atoms with van der Waals surface area (Å²) in [6.07, 6.45) is 1.71. The molecule has 0 amide bonds. The van der Waals surface area contributed by atoms with Crippen LogP contribution < -0.4 is 0 Å². The maximum absolute atomic E-state index is 8.74. The van der Waals surface area contributed by atoms with E-state index in [1.165, 1.54) is 0 Å². The Labute approximate surface area is 83.7 Å². The molecule has 0 aliphatic carbocycles. The summed E-state index contributed by atoms with van der Waals surface area (Å²) < 4.78 is 0. The molecule has 0 aliphatic heterocycles. The Morgan fingerprint density at radius 2 is 1.71 bits per heavy atom. The molecule has 0 atom stereocenters. The van der Waals surface area contributed by atoms with E-state index in [9.17, 15) is 0 Å². The highest BCUT2D eigenvalue weighted by Crippen LogP contribution is 2.18. The quantitative estimate of drug-likeness (QED) is 0.703. The average molecular weight is 181 g/mol. The van der Waals surface area contributed by atoms with Gasteiger partial charge in [-0.3, -0.25) is 0 Å². The van der Waals surface area contributed by atoms with Crippen LogP contribution in [0.1, 0.15) is 23.6 Å². The van der Waals surface area contributed by atoms with Crippen LogP contribution in [0.2, 0.25) is 0 Å². The lowest BCUT2D eigenvalue weighted by molar-refractivity contribution is 1.24. The van der Waals surface area contributed by atoms with Crippen LogP contribution in [0, 0.1) is 28.6 Å². The minimum atomic E-state index is 0.500. The predicted molar refractivity (Wildman–Crippen MR) is 54.1 cm³/mol. The van der Waals surface area contributed by atoms with Gasteiger partial charge in [0.15, 0.2) is 0 Å². The number of benzene rings is 1. The Balaban J connectivity index is 3.27. The first-order valence-corrected chi connectivity index (χ1v) is 4.13. The van der Waals surface area contributed by atoms with E-state index in [0.717, 1.165) is 11.5 Å². The van der Waals surface area contributed by atoms with E-state index in [1.807, 2.05) is 19.1 Å². The van der Waals surface area contributed by atoms with E-state index in [-0.39, 0.29) is 0 Å². The first kappa shape index (κ1) is 10.0. The Morgan fingerprint density at radius 1 is 1.21 bits per heavy atom. The zero-order chi connectivity index (χ0) is 10.6. The van der Waals surface area contributed by atoms with Crippen molar-refractivity contribution in [3.05, 3.63) is 53.5 Å². The molecule has 0 unspecified atom stereocenters. The number of hydrogen-bond acceptors (Lipinski definition) is 2. The summed E-state index contributed by atoms with van der Waals surface area (Å²) in [7, 11) is 0. The third kappa shape index (κ3) is 2.00. The molecule has 1 radical (unpaired) electrons. The molecule has 14 heavy (non-hydrogen) atoms. The maximum Gasteiger partial charge on any atom is 0.0992 e. The molecule has 2 heteroatoms. The SMILES string of the molecule is C=C[C](C)c1cc(C#N)cc(C#N)c1. The molecule has 0 aliphatic rings. The molecule has 67 valence electrons. The molecule has 0 saturated carbocycles. The second-order valence-corrected chi connectivity index (χ2v) is 2.91. The van der Waals surface area contributed by atoms with E-state index in [4.69, 9.17) is 10.5 Å². The lowest BCUT2D eigenvalue weighted by Crippen LogP contribution is -1.92. The van der Waals surface area contributed by atoms with Crippen molar-refractivity contribution in [2.24, 2.45) is 0 Å². The van der Waals surface area contributed by atoms with Crippen molar-refractivity contribution in [2.75, 3.05) is 0 Å². The summed E-state index contributed by atoms with van der Waals surface area (Å²) in [5.74, 6) is 0.957. The molecule has 0 spiro atoms. The van der Waals surface area contributed by atoms with E-state index >= 15 is 0 Å². The van der Waals surface area contributed by atoms with Crippen LogP contribution in [0.4, 0.5) is 0 Å². The second kappa shape index (κ2) is 4.25. The zero-order valence-electron chi connectivity index (χ0n) is 7.91. The standard InChI is InChI=1S/C12H9N2/c1-3-9(2)12-5-10(7-13)4-11(6-12)8-14/h3-6H,1H2,2H3. The molecule has 0 heterocycles. The van der Waals surface area contributed by atoms with E-state index in [0.29, 0.717) is 11.1 Å². The molecule has 2 nitrogen and oxygen atoms in total. The topological polar surface area (TPSA) is 47.6 Å². The highest BCUT2D eigenvalue weighted by Gasteiger charge is 2.05. The van der Waals surface area contributed by atoms with Gasteiger partial charge in [-0.1, -0.05) is 13.0 Å². The Morgan fingerprint density at radius 3 is 2.07 bits per heavy atom. The third-order valence-corrected chi connectivity index (χ3v) is 1.95. The van der Waals surface area contributed by atoms with Crippen LogP contribution >= 0.6 is 0 Å². The molecular weight excluding hydrogens is 172 g/mol. The van der Waals surface area contributed by atoms with Crippen LogP contribution in [-0.2, 0) is 0 Å². The van der Waals surface area contributed by atoms with Gasteiger partial charge in [0.2, 0.25) is 0 Å². The molecule has 0 fully saturated rings. The van der Waals surface area contributed by atoms with Gasteiger partial charge in [0.25, 0.3) is 0 Å². The molecule has 0 N–H and O–H groups in total. The zero-order valence-corrected chi connectivity index (χ0v) is 7.91. The summed E-state index contributed by atoms with van der Waals surface area (Å²) >= 11 is 0. The van der Waals surface area contributed by atoms with E-state index < -0.39 is 0 Å². The minimum absolute atomic E-state index is 0.500. The monoisotopic (exact) mass is 181 g/mol. The number of nitrogens with zero attached hydrogens (tertiary/aromatic N) is 2. The molecule has 0 aromatic heterocycles. The van der Waals surface area contributed by atoms with Crippen molar-refractivity contribution in [1.82, 2.24) is 0 Å². The lowest BCUT2D eigenvalue weighted by atomic mass is 9.97. The average Bonchev–Trinajstić information content (AvgIpc) is 2.27. The molecule has 1 aromatic rings. The van der Waals surface area contributed by atoms with Gasteiger partial charge in [-0.05, 0) is 23.8 Å². The van der Waals surface area contributed by atoms with Gasteiger partial charge in [-0.25, -0.2) is 0 Å². The highest BCUT2D eigenvalue weighted by molar-refractivity contribution is 5.48. The third-order valence-electron chi connectivity index (χ3n) is 1.95. The van der Waals surface area contributed by atoms with Gasteiger partial charge >= 0.3 is 0 Å². The predicted octanol–water partition coefficient (Wildman–Crippen LogP) is 2.56. The van der Waals surface area contributed by atoms with Crippen molar-refractivity contribution in [1.29, 1.82) is 10.5 Å². The number of nitriles is 2. The van der Waals surface area contributed by atoms with Gasteiger partial charge in [-0.15, -0.1) is 6.58 Å². The fourth-order valence-electron chi connectivity index (χ4n) is 1.10. The van der Waals surface area contributed by atoms with Gasteiger partial charge < -0.3 is 0 Å². The smallest absolute Gasteiger partial charge is 0.0992 e. The summed E-state index contributed by atoms with van der Waals surface area (Å²) in [4.78, 5) is 0. The Hall–Kier alpha value is -2.06. The van der Waals surface area contributed by atoms with Crippen LogP contribution in [-0.4, -0.2) is 0 Å². The number of hydrogen-bond donors (Lipinski definition) is 0. The molecule has 1 aromatic carbocycles. The van der Waals surface area contributed by atoms with Gasteiger partial charge in [0.05, 0.1) is 23.3 Å². The van der Waals surface area contributed by atoms with E-state index in [2.05, 4.69) is 6.58 Å². The highest BCUT2D eigenvalue weighted by atomic mass is 14.3. The second-order valence-electron chi connectivity index (χ2n) is 2.91. The van der Waals surface area contributed by atoms with Gasteiger partial charge in [0.1, 0.15) is 0 Å². The Bertz CT molecular complexity index is 400. The Kier molecular flexibility index (Phi) is 3.05. The van der Waals surface area contributed by atoms with Crippen LogP contribution in [0.5, 0.6) is 0 Å². The molecular formula is C12H9N2. The first-order valence-electron chi connectivity index (χ1n) is 4.13. The largest absolute Gasteiger partial charge is 0.192 e. The molecule has 1 rings (SSSR count). The molecule has 0 bridgehead atoms. The van der Waals surface area contributed by atoms with Crippen molar-refractivity contribution in [3.63, 3.8) is 0 Å². The van der Waals surface area contributed by atoms with Gasteiger partial charge in [0, 0.05) is 5.92 Å². The van der Waals surface area contributed by atoms with Crippen LogP contribution in [0.25, 0.3) is 0 Å². The van der Waals surface area contributed by atoms with E-state index in [1.54, 1.807) is 24.3 Å². The summed E-state index contributed by atoms with van der Waals surface area (Å²) in [5.41, 5.74) is 1.87. The normalized spacial score (nSPS) is 9.14. The number of allylic oxidation sites excluding steroid dienone is 1. The van der Waals surface area contributed by atoms with Crippen molar-refractivity contribution in [2.45, 2.75) is 6.92 Å². The summed E-state index contributed by atoms with van der Waals surface area (Å²) in [6.45, 7) is 5.54. The minimum Gasteiger partial charge on any atom is -0.192 e. The summed E-state index contributed by atoms with van der Waals surface area (Å²) in [6, 6.07) is 9.11. The molecule has 0 saturated heterocycles. The van der Waals surface area contributed by atoms with Gasteiger partial charge in [-0.2, -0.15) is 10.5 Å². The lowest BCUT2D eigenvalue weighted by Gasteiger charge is -2.05.